The fraction of sp³-hybridized carbons (Fsp3) is 0.538. The highest BCUT2D eigenvalue weighted by Crippen LogP contribution is 2.06. The van der Waals surface area contributed by atoms with Gasteiger partial charge < -0.3 is 21.2 Å². The van der Waals surface area contributed by atoms with Gasteiger partial charge in [-0.15, -0.1) is 0 Å². The summed E-state index contributed by atoms with van der Waals surface area (Å²) in [5.74, 6) is 0.0527. The van der Waals surface area contributed by atoms with Crippen LogP contribution in [0.5, 0.6) is 0 Å². The van der Waals surface area contributed by atoms with E-state index < -0.39 is 0 Å². The molecule has 1 aliphatic rings. The van der Waals surface area contributed by atoms with Gasteiger partial charge in [-0.05, 0) is 37.6 Å². The third kappa shape index (κ3) is 3.90. The summed E-state index contributed by atoms with van der Waals surface area (Å²) in [6.45, 7) is 5.10. The van der Waals surface area contributed by atoms with Crippen molar-refractivity contribution in [3.8, 4) is 0 Å². The van der Waals surface area contributed by atoms with Crippen molar-refractivity contribution in [1.29, 1.82) is 0 Å². The predicted molar refractivity (Wildman–Crippen MR) is 74.1 cm³/mol. The maximum Gasteiger partial charge on any atom is 0.189 e. The van der Waals surface area contributed by atoms with E-state index in [0.717, 1.165) is 18.7 Å². The Labute approximate surface area is 113 Å². The van der Waals surface area contributed by atoms with Crippen molar-refractivity contribution < 1.29 is 5.21 Å². The van der Waals surface area contributed by atoms with E-state index in [4.69, 9.17) is 10.9 Å². The SMILES string of the molecule is NC(=NO)c1ncccc1CNCCN1CCCC1. The first-order chi connectivity index (χ1) is 9.31. The Morgan fingerprint density at radius 1 is 1.47 bits per heavy atom. The first-order valence-corrected chi connectivity index (χ1v) is 6.66. The topological polar surface area (TPSA) is 86.8 Å². The summed E-state index contributed by atoms with van der Waals surface area (Å²) < 4.78 is 0. The molecule has 104 valence electrons. The van der Waals surface area contributed by atoms with Crippen LogP contribution in [0, 0.1) is 0 Å². The second kappa shape index (κ2) is 7.06. The smallest absolute Gasteiger partial charge is 0.189 e. The van der Waals surface area contributed by atoms with Gasteiger partial charge in [-0.1, -0.05) is 11.2 Å². The zero-order valence-corrected chi connectivity index (χ0v) is 11.0. The van der Waals surface area contributed by atoms with Gasteiger partial charge in [-0.3, -0.25) is 4.98 Å². The Hall–Kier alpha value is -1.66. The number of rotatable bonds is 6. The number of likely N-dealkylation sites (tertiary alicyclic amines) is 1. The molecule has 2 heterocycles. The highest BCUT2D eigenvalue weighted by atomic mass is 16.4. The Morgan fingerprint density at radius 3 is 3.00 bits per heavy atom. The minimum atomic E-state index is 0.0527. The quantitative estimate of drug-likeness (QED) is 0.227. The van der Waals surface area contributed by atoms with E-state index in [2.05, 4.69) is 20.4 Å². The third-order valence-electron chi connectivity index (χ3n) is 3.36. The van der Waals surface area contributed by atoms with Gasteiger partial charge in [0.25, 0.3) is 0 Å². The Balaban J connectivity index is 1.82. The molecule has 0 aromatic carbocycles. The van der Waals surface area contributed by atoms with Crippen LogP contribution in [0.25, 0.3) is 0 Å². The van der Waals surface area contributed by atoms with Crippen LogP contribution >= 0.6 is 0 Å². The number of oxime groups is 1. The van der Waals surface area contributed by atoms with Gasteiger partial charge in [0, 0.05) is 25.8 Å². The van der Waals surface area contributed by atoms with Crippen LogP contribution in [-0.2, 0) is 6.54 Å². The van der Waals surface area contributed by atoms with Crippen molar-refractivity contribution in [1.82, 2.24) is 15.2 Å². The van der Waals surface area contributed by atoms with Crippen molar-refractivity contribution in [3.63, 3.8) is 0 Å². The molecule has 0 unspecified atom stereocenters. The molecule has 0 spiro atoms. The zero-order valence-electron chi connectivity index (χ0n) is 11.0. The van der Waals surface area contributed by atoms with E-state index in [9.17, 15) is 0 Å². The van der Waals surface area contributed by atoms with E-state index in [1.807, 2.05) is 12.1 Å². The van der Waals surface area contributed by atoms with Gasteiger partial charge in [0.1, 0.15) is 5.69 Å². The molecule has 0 atom stereocenters. The molecule has 4 N–H and O–H groups in total. The van der Waals surface area contributed by atoms with Crippen LogP contribution in [0.4, 0.5) is 0 Å². The Kier molecular flexibility index (Phi) is 5.11. The number of pyridine rings is 1. The highest BCUT2D eigenvalue weighted by Gasteiger charge is 2.11. The molecule has 19 heavy (non-hydrogen) atoms. The number of aromatic nitrogens is 1. The van der Waals surface area contributed by atoms with E-state index >= 15 is 0 Å². The fourth-order valence-electron chi connectivity index (χ4n) is 2.33. The standard InChI is InChI=1S/C13H21N5O/c14-13(17-19)12-11(4-3-5-16-12)10-15-6-9-18-7-1-2-8-18/h3-5,15,19H,1-2,6-10H2,(H2,14,17). The van der Waals surface area contributed by atoms with Gasteiger partial charge >= 0.3 is 0 Å². The van der Waals surface area contributed by atoms with Gasteiger partial charge in [0.15, 0.2) is 5.84 Å². The average Bonchev–Trinajstić information content (AvgIpc) is 2.96. The molecule has 6 nitrogen and oxygen atoms in total. The molecule has 1 saturated heterocycles. The first kappa shape index (κ1) is 13.8. The van der Waals surface area contributed by atoms with Crippen molar-refractivity contribution in [3.05, 3.63) is 29.6 Å². The lowest BCUT2D eigenvalue weighted by Gasteiger charge is -2.15. The lowest BCUT2D eigenvalue weighted by atomic mass is 10.2. The molecule has 0 saturated carbocycles. The fourth-order valence-corrected chi connectivity index (χ4v) is 2.33. The Bertz CT molecular complexity index is 429. The van der Waals surface area contributed by atoms with Crippen molar-refractivity contribution in [2.45, 2.75) is 19.4 Å². The lowest BCUT2D eigenvalue weighted by Crippen LogP contribution is -2.30. The molecule has 0 aliphatic carbocycles. The zero-order chi connectivity index (χ0) is 13.5. The van der Waals surface area contributed by atoms with Crippen molar-refractivity contribution in [2.75, 3.05) is 26.2 Å². The third-order valence-corrected chi connectivity index (χ3v) is 3.36. The van der Waals surface area contributed by atoms with E-state index in [-0.39, 0.29) is 5.84 Å². The second-order valence-corrected chi connectivity index (χ2v) is 4.72. The summed E-state index contributed by atoms with van der Waals surface area (Å²) in [4.78, 5) is 6.60. The van der Waals surface area contributed by atoms with Gasteiger partial charge in [-0.2, -0.15) is 0 Å². The summed E-state index contributed by atoms with van der Waals surface area (Å²) in [7, 11) is 0. The maximum atomic E-state index is 8.72. The Morgan fingerprint density at radius 2 is 2.26 bits per heavy atom. The minimum absolute atomic E-state index is 0.0527. The first-order valence-electron chi connectivity index (χ1n) is 6.66. The van der Waals surface area contributed by atoms with Crippen LogP contribution in [0.1, 0.15) is 24.1 Å². The molecule has 1 aliphatic heterocycles. The van der Waals surface area contributed by atoms with Gasteiger partial charge in [0.2, 0.25) is 0 Å². The monoisotopic (exact) mass is 263 g/mol. The molecule has 0 bridgehead atoms. The summed E-state index contributed by atoms with van der Waals surface area (Å²) in [6, 6.07) is 3.79. The van der Waals surface area contributed by atoms with Crippen LogP contribution in [0.3, 0.4) is 0 Å². The summed E-state index contributed by atoms with van der Waals surface area (Å²) >= 11 is 0. The maximum absolute atomic E-state index is 8.72. The van der Waals surface area contributed by atoms with Crippen LogP contribution in [0.15, 0.2) is 23.5 Å². The van der Waals surface area contributed by atoms with Crippen LogP contribution in [0.2, 0.25) is 0 Å². The number of nitrogens with one attached hydrogen (secondary N) is 1. The summed E-state index contributed by atoms with van der Waals surface area (Å²) in [5.41, 5.74) is 7.08. The van der Waals surface area contributed by atoms with E-state index in [1.165, 1.54) is 25.9 Å². The van der Waals surface area contributed by atoms with E-state index in [1.54, 1.807) is 6.20 Å². The van der Waals surface area contributed by atoms with Gasteiger partial charge in [0.05, 0.1) is 0 Å². The van der Waals surface area contributed by atoms with Crippen LogP contribution < -0.4 is 11.1 Å². The molecular weight excluding hydrogens is 242 g/mol. The lowest BCUT2D eigenvalue weighted by molar-refractivity contribution is 0.318. The van der Waals surface area contributed by atoms with Crippen molar-refractivity contribution >= 4 is 5.84 Å². The molecule has 2 rings (SSSR count). The van der Waals surface area contributed by atoms with E-state index in [0.29, 0.717) is 12.2 Å². The molecule has 1 aromatic heterocycles. The van der Waals surface area contributed by atoms with Crippen molar-refractivity contribution in [2.24, 2.45) is 10.9 Å². The minimum Gasteiger partial charge on any atom is -0.409 e. The van der Waals surface area contributed by atoms with Gasteiger partial charge in [-0.25, -0.2) is 0 Å². The summed E-state index contributed by atoms with van der Waals surface area (Å²) in [6.07, 6.45) is 4.27. The molecule has 0 amide bonds. The second-order valence-electron chi connectivity index (χ2n) is 4.72. The largest absolute Gasteiger partial charge is 0.409 e. The number of hydrogen-bond donors (Lipinski definition) is 3. The predicted octanol–water partition coefficient (Wildman–Crippen LogP) is 0.361. The number of amidine groups is 1. The summed E-state index contributed by atoms with van der Waals surface area (Å²) in [5, 5.41) is 15.1. The number of hydrogen-bond acceptors (Lipinski definition) is 5. The molecule has 6 heteroatoms. The van der Waals surface area contributed by atoms with Crippen LogP contribution in [-0.4, -0.2) is 47.1 Å². The molecule has 1 aromatic rings. The molecule has 0 radical (unpaired) electrons. The number of nitrogens with two attached hydrogens (primary N) is 1. The highest BCUT2D eigenvalue weighted by molar-refractivity contribution is 5.96. The normalized spacial score (nSPS) is 16.9. The molecule has 1 fully saturated rings. The number of nitrogens with zero attached hydrogens (tertiary/aromatic N) is 3. The molecular formula is C13H21N5O. The average molecular weight is 263 g/mol.